The first-order valence-electron chi connectivity index (χ1n) is 8.39. The zero-order chi connectivity index (χ0) is 18.7. The summed E-state index contributed by atoms with van der Waals surface area (Å²) >= 11 is 0. The molecule has 3 rings (SSSR count). The lowest BCUT2D eigenvalue weighted by molar-refractivity contribution is -0.152. The van der Waals surface area contributed by atoms with Crippen LogP contribution in [0, 0.1) is 6.92 Å². The molecule has 5 heteroatoms. The molecule has 0 amide bonds. The van der Waals surface area contributed by atoms with Crippen molar-refractivity contribution in [2.24, 2.45) is 0 Å². The number of fused-ring (bicyclic) bond motifs is 1. The summed E-state index contributed by atoms with van der Waals surface area (Å²) in [5.41, 5.74) is 3.40. The van der Waals surface area contributed by atoms with Crippen molar-refractivity contribution >= 4 is 17.5 Å². The molecule has 0 spiro atoms. The Morgan fingerprint density at radius 2 is 1.77 bits per heavy atom. The van der Waals surface area contributed by atoms with Crippen LogP contribution in [0.4, 0.5) is 0 Å². The van der Waals surface area contributed by atoms with Gasteiger partial charge >= 0.3 is 11.9 Å². The SMILES string of the molecule is CCOC(=O)[C@H]1Oc2ccccc2C(c2ccc(C)cc2)=C1C(=O)OC. The van der Waals surface area contributed by atoms with Gasteiger partial charge in [0, 0.05) is 11.1 Å². The second-order valence-electron chi connectivity index (χ2n) is 5.89. The Kier molecular flexibility index (Phi) is 5.07. The Labute approximate surface area is 152 Å². The molecule has 1 aliphatic heterocycles. The van der Waals surface area contributed by atoms with E-state index in [0.29, 0.717) is 11.3 Å². The van der Waals surface area contributed by atoms with E-state index in [9.17, 15) is 9.59 Å². The molecule has 0 fully saturated rings. The molecule has 0 saturated heterocycles. The van der Waals surface area contributed by atoms with Crippen LogP contribution in [-0.2, 0) is 19.1 Å². The normalized spacial score (nSPS) is 15.7. The van der Waals surface area contributed by atoms with Gasteiger partial charge in [-0.25, -0.2) is 9.59 Å². The maximum Gasteiger partial charge on any atom is 0.352 e. The predicted molar refractivity (Wildman–Crippen MR) is 96.7 cm³/mol. The fourth-order valence-corrected chi connectivity index (χ4v) is 2.97. The molecule has 26 heavy (non-hydrogen) atoms. The zero-order valence-corrected chi connectivity index (χ0v) is 14.9. The van der Waals surface area contributed by atoms with E-state index >= 15 is 0 Å². The van der Waals surface area contributed by atoms with Gasteiger partial charge in [-0.3, -0.25) is 0 Å². The Morgan fingerprint density at radius 1 is 1.08 bits per heavy atom. The van der Waals surface area contributed by atoms with Gasteiger partial charge in [-0.05, 0) is 25.5 Å². The minimum absolute atomic E-state index is 0.147. The lowest BCUT2D eigenvalue weighted by atomic mass is 9.87. The van der Waals surface area contributed by atoms with Crippen LogP contribution < -0.4 is 4.74 Å². The number of rotatable bonds is 4. The van der Waals surface area contributed by atoms with Crippen LogP contribution in [0.5, 0.6) is 5.75 Å². The number of hydrogen-bond acceptors (Lipinski definition) is 5. The molecule has 0 N–H and O–H groups in total. The average Bonchev–Trinajstić information content (AvgIpc) is 2.66. The fourth-order valence-electron chi connectivity index (χ4n) is 2.97. The van der Waals surface area contributed by atoms with Gasteiger partial charge in [-0.2, -0.15) is 0 Å². The largest absolute Gasteiger partial charge is 0.473 e. The number of hydrogen-bond donors (Lipinski definition) is 0. The summed E-state index contributed by atoms with van der Waals surface area (Å²) in [5, 5.41) is 0. The van der Waals surface area contributed by atoms with Gasteiger partial charge in [0.05, 0.1) is 19.3 Å². The van der Waals surface area contributed by atoms with E-state index < -0.39 is 18.0 Å². The van der Waals surface area contributed by atoms with Crippen molar-refractivity contribution < 1.29 is 23.8 Å². The first-order chi connectivity index (χ1) is 12.6. The number of para-hydroxylation sites is 1. The minimum atomic E-state index is -1.17. The lowest BCUT2D eigenvalue weighted by Gasteiger charge is -2.29. The van der Waals surface area contributed by atoms with Crippen molar-refractivity contribution in [2.75, 3.05) is 13.7 Å². The van der Waals surface area contributed by atoms with E-state index in [2.05, 4.69) is 0 Å². The van der Waals surface area contributed by atoms with E-state index in [4.69, 9.17) is 14.2 Å². The van der Waals surface area contributed by atoms with Crippen molar-refractivity contribution in [3.8, 4) is 5.75 Å². The molecule has 1 aliphatic rings. The highest BCUT2D eigenvalue weighted by molar-refractivity contribution is 6.08. The first kappa shape index (κ1) is 17.7. The van der Waals surface area contributed by atoms with E-state index in [1.165, 1.54) is 7.11 Å². The second kappa shape index (κ2) is 7.44. The van der Waals surface area contributed by atoms with Gasteiger partial charge in [-0.1, -0.05) is 48.0 Å². The van der Waals surface area contributed by atoms with Crippen LogP contribution in [0.15, 0.2) is 54.1 Å². The van der Waals surface area contributed by atoms with Gasteiger partial charge in [0.1, 0.15) is 5.75 Å². The topological polar surface area (TPSA) is 61.8 Å². The van der Waals surface area contributed by atoms with Crippen LogP contribution in [0.3, 0.4) is 0 Å². The van der Waals surface area contributed by atoms with Crippen molar-refractivity contribution in [2.45, 2.75) is 20.0 Å². The molecular formula is C21H20O5. The third-order valence-corrected chi connectivity index (χ3v) is 4.18. The monoisotopic (exact) mass is 352 g/mol. The molecule has 134 valence electrons. The van der Waals surface area contributed by atoms with Gasteiger partial charge in [-0.15, -0.1) is 0 Å². The number of aryl methyl sites for hydroxylation is 1. The minimum Gasteiger partial charge on any atom is -0.473 e. The lowest BCUT2D eigenvalue weighted by Crippen LogP contribution is -2.38. The maximum atomic E-state index is 12.6. The summed E-state index contributed by atoms with van der Waals surface area (Å²) in [5.74, 6) is -0.714. The van der Waals surface area contributed by atoms with Gasteiger partial charge in [0.25, 0.3) is 0 Å². The fraction of sp³-hybridized carbons (Fsp3) is 0.238. The maximum absolute atomic E-state index is 12.6. The van der Waals surface area contributed by atoms with Crippen LogP contribution in [-0.4, -0.2) is 31.8 Å². The standard InChI is InChI=1S/C21H20O5/c1-4-25-21(23)19-18(20(22)24-3)17(14-11-9-13(2)10-12-14)15-7-5-6-8-16(15)26-19/h5-12,19H,4H2,1-3H3/t19-/m0/s1. The summed E-state index contributed by atoms with van der Waals surface area (Å²) in [6.07, 6.45) is -1.17. The van der Waals surface area contributed by atoms with E-state index in [-0.39, 0.29) is 12.2 Å². The summed E-state index contributed by atoms with van der Waals surface area (Å²) in [4.78, 5) is 25.1. The van der Waals surface area contributed by atoms with Crippen LogP contribution in [0.2, 0.25) is 0 Å². The van der Waals surface area contributed by atoms with Crippen molar-refractivity contribution in [3.05, 3.63) is 70.8 Å². The third-order valence-electron chi connectivity index (χ3n) is 4.18. The summed E-state index contributed by atoms with van der Waals surface area (Å²) in [7, 11) is 1.28. The molecule has 0 aromatic heterocycles. The molecule has 0 bridgehead atoms. The quantitative estimate of drug-likeness (QED) is 0.790. The second-order valence-corrected chi connectivity index (χ2v) is 5.89. The number of carbonyl (C=O) groups is 2. The molecule has 2 aromatic rings. The molecule has 5 nitrogen and oxygen atoms in total. The average molecular weight is 352 g/mol. The zero-order valence-electron chi connectivity index (χ0n) is 14.9. The number of benzene rings is 2. The Morgan fingerprint density at radius 3 is 2.42 bits per heavy atom. The van der Waals surface area contributed by atoms with Gasteiger partial charge in [0.15, 0.2) is 0 Å². The smallest absolute Gasteiger partial charge is 0.352 e. The van der Waals surface area contributed by atoms with Crippen molar-refractivity contribution in [3.63, 3.8) is 0 Å². The van der Waals surface area contributed by atoms with E-state index in [0.717, 1.165) is 16.7 Å². The van der Waals surface area contributed by atoms with Crippen LogP contribution in [0.1, 0.15) is 23.6 Å². The number of carbonyl (C=O) groups excluding carboxylic acids is 2. The highest BCUT2D eigenvalue weighted by Gasteiger charge is 2.39. The first-order valence-corrected chi connectivity index (χ1v) is 8.39. The van der Waals surface area contributed by atoms with Gasteiger partial charge in [0.2, 0.25) is 6.10 Å². The Balaban J connectivity index is 2.28. The molecule has 0 saturated carbocycles. The summed E-state index contributed by atoms with van der Waals surface area (Å²) < 4.78 is 15.9. The molecule has 0 radical (unpaired) electrons. The third kappa shape index (κ3) is 3.20. The van der Waals surface area contributed by atoms with E-state index in [1.54, 1.807) is 13.0 Å². The van der Waals surface area contributed by atoms with Crippen molar-refractivity contribution in [1.29, 1.82) is 0 Å². The highest BCUT2D eigenvalue weighted by Crippen LogP contribution is 2.40. The summed E-state index contributed by atoms with van der Waals surface area (Å²) in [6.45, 7) is 3.88. The molecule has 1 heterocycles. The highest BCUT2D eigenvalue weighted by atomic mass is 16.6. The van der Waals surface area contributed by atoms with Crippen molar-refractivity contribution in [1.82, 2.24) is 0 Å². The number of methoxy groups -OCH3 is 1. The van der Waals surface area contributed by atoms with Crippen LogP contribution in [0.25, 0.3) is 5.57 Å². The van der Waals surface area contributed by atoms with Crippen LogP contribution >= 0.6 is 0 Å². The number of ether oxygens (including phenoxy) is 3. The summed E-state index contributed by atoms with van der Waals surface area (Å²) in [6, 6.07) is 15.0. The number of esters is 2. The predicted octanol–water partition coefficient (Wildman–Crippen LogP) is 3.29. The molecule has 1 atom stereocenters. The molecule has 2 aromatic carbocycles. The molecule has 0 aliphatic carbocycles. The molecular weight excluding hydrogens is 332 g/mol. The van der Waals surface area contributed by atoms with E-state index in [1.807, 2.05) is 49.4 Å². The molecule has 0 unspecified atom stereocenters. The van der Waals surface area contributed by atoms with Gasteiger partial charge < -0.3 is 14.2 Å². The Hall–Kier alpha value is -3.08. The Bertz CT molecular complexity index is 864.